The van der Waals surface area contributed by atoms with Crippen LogP contribution in [0, 0.1) is 5.82 Å². The summed E-state index contributed by atoms with van der Waals surface area (Å²) >= 11 is 2.69. The number of carbonyl (C=O) groups excluding carboxylic acids is 2. The van der Waals surface area contributed by atoms with Gasteiger partial charge in [-0.2, -0.15) is 0 Å². The molecule has 0 unspecified atom stereocenters. The second kappa shape index (κ2) is 8.62. The molecule has 0 spiro atoms. The number of carbonyl (C=O) groups is 2. The van der Waals surface area contributed by atoms with Gasteiger partial charge in [-0.3, -0.25) is 9.59 Å². The Morgan fingerprint density at radius 2 is 2.03 bits per heavy atom. The zero-order chi connectivity index (χ0) is 20.2. The molecule has 4 rings (SSSR count). The van der Waals surface area contributed by atoms with Crippen LogP contribution in [0.15, 0.2) is 52.2 Å². The molecule has 2 heterocycles. The number of nitrogens with one attached hydrogen (secondary N) is 1. The fourth-order valence-corrected chi connectivity index (χ4v) is 4.39. The van der Waals surface area contributed by atoms with Crippen LogP contribution in [0.4, 0.5) is 10.1 Å². The van der Waals surface area contributed by atoms with Gasteiger partial charge in [0.15, 0.2) is 21.6 Å². The van der Waals surface area contributed by atoms with Gasteiger partial charge in [-0.25, -0.2) is 9.37 Å². The number of hydrogen-bond acceptors (Lipinski definition) is 7. The highest BCUT2D eigenvalue weighted by molar-refractivity contribution is 8.01. The van der Waals surface area contributed by atoms with E-state index in [1.165, 1.54) is 41.3 Å². The number of aromatic nitrogens is 1. The molecule has 0 radical (unpaired) electrons. The summed E-state index contributed by atoms with van der Waals surface area (Å²) in [7, 11) is 0. The first-order chi connectivity index (χ1) is 14.1. The third kappa shape index (κ3) is 4.93. The van der Waals surface area contributed by atoms with E-state index in [0.29, 0.717) is 32.8 Å². The Morgan fingerprint density at radius 3 is 2.90 bits per heavy atom. The number of halogens is 1. The maximum absolute atomic E-state index is 13.2. The normalized spacial score (nSPS) is 12.0. The molecule has 0 saturated heterocycles. The largest absolute Gasteiger partial charge is 0.454 e. The molecule has 0 aliphatic carbocycles. The van der Waals surface area contributed by atoms with Crippen molar-refractivity contribution < 1.29 is 23.5 Å². The van der Waals surface area contributed by atoms with Gasteiger partial charge in [0.1, 0.15) is 5.82 Å². The molecular weight excluding hydrogens is 415 g/mol. The van der Waals surface area contributed by atoms with E-state index >= 15 is 0 Å². The Bertz CT molecular complexity index is 1070. The Morgan fingerprint density at radius 1 is 1.17 bits per heavy atom. The number of nitrogens with zero attached hydrogens (tertiary/aromatic N) is 1. The van der Waals surface area contributed by atoms with Gasteiger partial charge in [0, 0.05) is 16.6 Å². The molecule has 1 aromatic heterocycles. The molecule has 1 aliphatic rings. The Hall–Kier alpha value is -2.91. The van der Waals surface area contributed by atoms with Gasteiger partial charge in [-0.05, 0) is 36.4 Å². The van der Waals surface area contributed by atoms with E-state index in [9.17, 15) is 14.0 Å². The highest BCUT2D eigenvalue weighted by atomic mass is 32.2. The predicted octanol–water partition coefficient (Wildman–Crippen LogP) is 4.17. The fraction of sp³-hybridized carbons (Fsp3) is 0.150. The number of amides is 1. The van der Waals surface area contributed by atoms with Crippen molar-refractivity contribution in [3.05, 3.63) is 64.9 Å². The van der Waals surface area contributed by atoms with E-state index in [4.69, 9.17) is 9.47 Å². The average molecular weight is 430 g/mol. The first-order valence-electron chi connectivity index (χ1n) is 8.62. The summed E-state index contributed by atoms with van der Waals surface area (Å²) in [4.78, 5) is 28.9. The lowest BCUT2D eigenvalue weighted by molar-refractivity contribution is -0.115. The lowest BCUT2D eigenvalue weighted by Gasteiger charge is -2.03. The van der Waals surface area contributed by atoms with Gasteiger partial charge < -0.3 is 14.8 Å². The zero-order valence-corrected chi connectivity index (χ0v) is 16.6. The van der Waals surface area contributed by atoms with E-state index < -0.39 is 5.82 Å². The molecule has 0 fully saturated rings. The summed E-state index contributed by atoms with van der Waals surface area (Å²) < 4.78 is 24.4. The average Bonchev–Trinajstić information content (AvgIpc) is 3.34. The van der Waals surface area contributed by atoms with Crippen molar-refractivity contribution in [1.29, 1.82) is 0 Å². The van der Waals surface area contributed by atoms with Crippen LogP contribution >= 0.6 is 23.1 Å². The molecule has 148 valence electrons. The van der Waals surface area contributed by atoms with E-state index in [-0.39, 0.29) is 30.7 Å². The van der Waals surface area contributed by atoms with Crippen molar-refractivity contribution in [3.8, 4) is 11.5 Å². The number of hydrogen-bond donors (Lipinski definition) is 1. The van der Waals surface area contributed by atoms with E-state index in [2.05, 4.69) is 10.3 Å². The van der Waals surface area contributed by atoms with Gasteiger partial charge in [-0.15, -0.1) is 11.3 Å². The van der Waals surface area contributed by atoms with Crippen molar-refractivity contribution in [2.24, 2.45) is 0 Å². The molecule has 0 atom stereocenters. The summed E-state index contributed by atoms with van der Waals surface area (Å²) in [6.45, 7) is 0.163. The van der Waals surface area contributed by atoms with Crippen molar-refractivity contribution in [3.63, 3.8) is 0 Å². The van der Waals surface area contributed by atoms with E-state index in [1.54, 1.807) is 29.6 Å². The highest BCUT2D eigenvalue weighted by Crippen LogP contribution is 2.33. The number of fused-ring (bicyclic) bond motifs is 1. The van der Waals surface area contributed by atoms with Crippen molar-refractivity contribution in [2.45, 2.75) is 10.8 Å². The van der Waals surface area contributed by atoms with Crippen LogP contribution in [0.1, 0.15) is 16.1 Å². The van der Waals surface area contributed by atoms with Crippen molar-refractivity contribution in [1.82, 2.24) is 4.98 Å². The maximum Gasteiger partial charge on any atom is 0.231 e. The van der Waals surface area contributed by atoms with E-state index in [0.717, 1.165) is 0 Å². The Kier molecular flexibility index (Phi) is 5.77. The van der Waals surface area contributed by atoms with Crippen LogP contribution in [0.3, 0.4) is 0 Å². The lowest BCUT2D eigenvalue weighted by Crippen LogP contribution is -2.14. The number of benzene rings is 2. The highest BCUT2D eigenvalue weighted by Gasteiger charge is 2.17. The molecule has 6 nitrogen and oxygen atoms in total. The molecular formula is C20H15FN2O4S2. The first-order valence-corrected chi connectivity index (χ1v) is 10.5. The van der Waals surface area contributed by atoms with Gasteiger partial charge in [0.25, 0.3) is 0 Å². The number of Topliss-reactive ketones (excluding diaryl/α,β-unsaturated/α-hetero) is 1. The lowest BCUT2D eigenvalue weighted by atomic mass is 10.1. The number of rotatable bonds is 7. The van der Waals surface area contributed by atoms with Crippen LogP contribution in [-0.2, 0) is 11.2 Å². The van der Waals surface area contributed by atoms with Crippen molar-refractivity contribution in [2.75, 3.05) is 17.9 Å². The van der Waals surface area contributed by atoms with Crippen LogP contribution < -0.4 is 14.8 Å². The summed E-state index contributed by atoms with van der Waals surface area (Å²) in [5.41, 5.74) is 1.55. The van der Waals surface area contributed by atoms with Gasteiger partial charge in [0.05, 0.1) is 17.9 Å². The minimum atomic E-state index is -0.415. The SMILES string of the molecule is O=C(Cc1csc(SCC(=O)c2ccc3c(c2)OCO3)n1)Nc1cccc(F)c1. The molecule has 9 heteroatoms. The van der Waals surface area contributed by atoms with E-state index in [1.807, 2.05) is 0 Å². The molecule has 3 aromatic rings. The number of ether oxygens (including phenoxy) is 2. The summed E-state index contributed by atoms with van der Waals surface area (Å²) in [5.74, 6) is 0.685. The fourth-order valence-electron chi connectivity index (χ4n) is 2.65. The molecule has 1 amide bonds. The number of thiazole rings is 1. The van der Waals surface area contributed by atoms with Crippen LogP contribution in [-0.4, -0.2) is 29.2 Å². The Balaban J connectivity index is 1.30. The first kappa shape index (κ1) is 19.4. The second-order valence-electron chi connectivity index (χ2n) is 6.12. The quantitative estimate of drug-likeness (QED) is 0.448. The zero-order valence-electron chi connectivity index (χ0n) is 15.0. The van der Waals surface area contributed by atoms with Crippen LogP contribution in [0.2, 0.25) is 0 Å². The number of thioether (sulfide) groups is 1. The van der Waals surface area contributed by atoms with Crippen LogP contribution in [0.5, 0.6) is 11.5 Å². The van der Waals surface area contributed by atoms with Crippen molar-refractivity contribution >= 4 is 40.5 Å². The second-order valence-corrected chi connectivity index (χ2v) is 8.20. The molecule has 1 aliphatic heterocycles. The van der Waals surface area contributed by atoms with Gasteiger partial charge in [0.2, 0.25) is 12.7 Å². The molecule has 2 aromatic carbocycles. The molecule has 29 heavy (non-hydrogen) atoms. The third-order valence-electron chi connectivity index (χ3n) is 4.00. The maximum atomic E-state index is 13.2. The monoisotopic (exact) mass is 430 g/mol. The number of anilines is 1. The summed E-state index contributed by atoms with van der Waals surface area (Å²) in [6, 6.07) is 10.8. The standard InChI is InChI=1S/C20H15FN2O4S2/c21-13-2-1-3-14(7-13)22-19(25)8-15-9-28-20(23-15)29-10-16(24)12-4-5-17-18(6-12)27-11-26-17/h1-7,9H,8,10-11H2,(H,22,25). The predicted molar refractivity (Wildman–Crippen MR) is 108 cm³/mol. The minimum Gasteiger partial charge on any atom is -0.454 e. The summed E-state index contributed by atoms with van der Waals surface area (Å²) in [6.07, 6.45) is 0.0731. The molecule has 1 N–H and O–H groups in total. The summed E-state index contributed by atoms with van der Waals surface area (Å²) in [5, 5.41) is 4.41. The molecule has 0 bridgehead atoms. The van der Waals surface area contributed by atoms with Gasteiger partial charge >= 0.3 is 0 Å². The third-order valence-corrected chi connectivity index (χ3v) is 6.07. The van der Waals surface area contributed by atoms with Gasteiger partial charge in [-0.1, -0.05) is 17.8 Å². The van der Waals surface area contributed by atoms with Crippen LogP contribution in [0.25, 0.3) is 0 Å². The Labute approximate surface area is 174 Å². The minimum absolute atomic E-state index is 0.0473. The smallest absolute Gasteiger partial charge is 0.231 e. The number of ketones is 1. The topological polar surface area (TPSA) is 77.5 Å². The molecule has 0 saturated carbocycles.